The summed E-state index contributed by atoms with van der Waals surface area (Å²) in [6.45, 7) is 0. The van der Waals surface area contributed by atoms with Gasteiger partial charge in [-0.1, -0.05) is 145 Å². The zero-order valence-corrected chi connectivity index (χ0v) is 31.4. The molecule has 0 spiro atoms. The average Bonchev–Trinajstić information content (AvgIpc) is 3.81. The molecule has 0 aliphatic carbocycles. The third kappa shape index (κ3) is 5.08. The highest BCUT2D eigenvalue weighted by molar-refractivity contribution is 7.99. The molecule has 266 valence electrons. The Kier molecular flexibility index (Phi) is 7.09. The molecule has 6 heteroatoms. The Bertz CT molecular complexity index is 3370. The Morgan fingerprint density at radius 2 is 0.965 bits per heavy atom. The molecule has 11 aromatic rings. The van der Waals surface area contributed by atoms with Gasteiger partial charge in [0, 0.05) is 48.3 Å². The van der Waals surface area contributed by atoms with E-state index in [2.05, 4.69) is 179 Å². The molecule has 0 fully saturated rings. The van der Waals surface area contributed by atoms with E-state index >= 15 is 0 Å². The molecule has 8 aromatic carbocycles. The first-order valence-corrected chi connectivity index (χ1v) is 19.9. The first kappa shape index (κ1) is 32.0. The number of hydrogen-bond acceptors (Lipinski definition) is 4. The summed E-state index contributed by atoms with van der Waals surface area (Å²) in [6.07, 6.45) is 0. The lowest BCUT2D eigenvalue weighted by Gasteiger charge is -2.22. The van der Waals surface area contributed by atoms with Crippen molar-refractivity contribution in [2.45, 2.75) is 9.79 Å². The lowest BCUT2D eigenvalue weighted by molar-refractivity contribution is 1.02. The SMILES string of the molecule is c1ccc(-c2ccc3cc(-c4nc(-c5ccccc5)nc(-c5ccc6c(c5)Sc5cccc7c8c9ccccc9n(-c9ccccc9)c8n-6c57)n4)ccc3c2)cc1. The van der Waals surface area contributed by atoms with Crippen molar-refractivity contribution in [3.8, 4) is 56.7 Å². The molecular weight excluding hydrogens is 715 g/mol. The second kappa shape index (κ2) is 12.6. The topological polar surface area (TPSA) is 48.5 Å². The molecule has 5 nitrogen and oxygen atoms in total. The lowest BCUT2D eigenvalue weighted by Crippen LogP contribution is -2.06. The minimum Gasteiger partial charge on any atom is -0.295 e. The van der Waals surface area contributed by atoms with Gasteiger partial charge in [-0.25, -0.2) is 15.0 Å². The maximum absolute atomic E-state index is 5.18. The van der Waals surface area contributed by atoms with Crippen LogP contribution in [0.2, 0.25) is 0 Å². The van der Waals surface area contributed by atoms with Crippen LogP contribution in [0.3, 0.4) is 0 Å². The molecule has 0 amide bonds. The first-order chi connectivity index (χ1) is 28.2. The predicted octanol–water partition coefficient (Wildman–Crippen LogP) is 13.2. The van der Waals surface area contributed by atoms with Crippen LogP contribution in [0.5, 0.6) is 0 Å². The van der Waals surface area contributed by atoms with Gasteiger partial charge in [-0.2, -0.15) is 0 Å². The Morgan fingerprint density at radius 3 is 1.72 bits per heavy atom. The van der Waals surface area contributed by atoms with Gasteiger partial charge in [-0.3, -0.25) is 9.13 Å². The molecule has 12 rings (SSSR count). The Labute approximate surface area is 332 Å². The summed E-state index contributed by atoms with van der Waals surface area (Å²) < 4.78 is 4.88. The maximum atomic E-state index is 5.18. The molecule has 0 radical (unpaired) electrons. The van der Waals surface area contributed by atoms with Crippen LogP contribution in [0.15, 0.2) is 198 Å². The third-order valence-corrected chi connectivity index (χ3v) is 12.2. The van der Waals surface area contributed by atoms with Crippen molar-refractivity contribution in [3.63, 3.8) is 0 Å². The molecule has 0 atom stereocenters. The lowest BCUT2D eigenvalue weighted by atomic mass is 10.00. The molecule has 0 N–H and O–H groups in total. The minimum atomic E-state index is 0.641. The van der Waals surface area contributed by atoms with Crippen molar-refractivity contribution in [2.75, 3.05) is 0 Å². The molecule has 1 aliphatic rings. The van der Waals surface area contributed by atoms with Crippen molar-refractivity contribution in [2.24, 2.45) is 0 Å². The average molecular weight is 746 g/mol. The fourth-order valence-electron chi connectivity index (χ4n) is 8.50. The largest absolute Gasteiger partial charge is 0.295 e. The standard InChI is InChI=1S/C51H31N5S/c1-4-13-32(14-5-1)34-23-24-36-30-37(26-25-35(36)29-34)49-52-48(33-15-6-2-7-16-33)53-50(54-49)38-27-28-43-45(31-38)57-44-22-12-20-41-46-40-19-10-11-21-42(40)55(39-17-8-3-9-18-39)51(46)56(43)47(41)44/h1-31H. The summed E-state index contributed by atoms with van der Waals surface area (Å²) in [5, 5.41) is 6.08. The van der Waals surface area contributed by atoms with Gasteiger partial charge in [0.1, 0.15) is 5.65 Å². The van der Waals surface area contributed by atoms with Crippen LogP contribution in [0.25, 0.3) is 100 Å². The molecule has 3 aromatic heterocycles. The van der Waals surface area contributed by atoms with Crippen LogP contribution in [0.4, 0.5) is 0 Å². The second-order valence-corrected chi connectivity index (χ2v) is 15.6. The number of rotatable bonds is 5. The summed E-state index contributed by atoms with van der Waals surface area (Å²) in [5.74, 6) is 1.93. The second-order valence-electron chi connectivity index (χ2n) is 14.5. The minimum absolute atomic E-state index is 0.641. The van der Waals surface area contributed by atoms with Gasteiger partial charge in [-0.05, 0) is 76.5 Å². The van der Waals surface area contributed by atoms with Crippen molar-refractivity contribution in [3.05, 3.63) is 188 Å². The van der Waals surface area contributed by atoms with E-state index in [0.717, 1.165) is 38.3 Å². The van der Waals surface area contributed by atoms with Gasteiger partial charge in [0.2, 0.25) is 0 Å². The number of hydrogen-bond donors (Lipinski definition) is 0. The molecule has 4 heterocycles. The third-order valence-electron chi connectivity index (χ3n) is 11.1. The van der Waals surface area contributed by atoms with Crippen molar-refractivity contribution in [1.29, 1.82) is 0 Å². The Morgan fingerprint density at radius 1 is 0.386 bits per heavy atom. The van der Waals surface area contributed by atoms with Gasteiger partial charge < -0.3 is 0 Å². The summed E-state index contributed by atoms with van der Waals surface area (Å²) in [5.41, 5.74) is 11.1. The predicted molar refractivity (Wildman–Crippen MR) is 234 cm³/mol. The van der Waals surface area contributed by atoms with Gasteiger partial charge >= 0.3 is 0 Å². The zero-order chi connectivity index (χ0) is 37.5. The van der Waals surface area contributed by atoms with Gasteiger partial charge in [0.05, 0.1) is 16.7 Å². The molecule has 57 heavy (non-hydrogen) atoms. The van der Waals surface area contributed by atoms with Crippen LogP contribution < -0.4 is 0 Å². The highest BCUT2D eigenvalue weighted by Crippen LogP contribution is 2.50. The molecule has 0 unspecified atom stereocenters. The quantitative estimate of drug-likeness (QED) is 0.176. The van der Waals surface area contributed by atoms with Crippen molar-refractivity contribution in [1.82, 2.24) is 24.1 Å². The highest BCUT2D eigenvalue weighted by Gasteiger charge is 2.28. The van der Waals surface area contributed by atoms with Crippen molar-refractivity contribution >= 4 is 55.4 Å². The highest BCUT2D eigenvalue weighted by atomic mass is 32.2. The number of fused-ring (bicyclic) bond motifs is 8. The van der Waals surface area contributed by atoms with E-state index in [4.69, 9.17) is 15.0 Å². The van der Waals surface area contributed by atoms with Crippen LogP contribution >= 0.6 is 11.8 Å². The molecule has 0 saturated heterocycles. The van der Waals surface area contributed by atoms with Crippen molar-refractivity contribution < 1.29 is 0 Å². The van der Waals surface area contributed by atoms with E-state index in [1.807, 2.05) is 30.0 Å². The first-order valence-electron chi connectivity index (χ1n) is 19.1. The van der Waals surface area contributed by atoms with E-state index in [1.165, 1.54) is 54.2 Å². The Hall–Kier alpha value is -7.28. The fourth-order valence-corrected chi connectivity index (χ4v) is 9.63. The number of aromatic nitrogens is 5. The molecule has 1 aliphatic heterocycles. The smallest absolute Gasteiger partial charge is 0.164 e. The summed E-state index contributed by atoms with van der Waals surface area (Å²) in [6, 6.07) is 66.6. The van der Waals surface area contributed by atoms with E-state index in [9.17, 15) is 0 Å². The Balaban J connectivity index is 1.03. The van der Waals surface area contributed by atoms with Crippen LogP contribution in [0.1, 0.15) is 0 Å². The van der Waals surface area contributed by atoms with Gasteiger partial charge in [0.25, 0.3) is 0 Å². The maximum Gasteiger partial charge on any atom is 0.164 e. The van der Waals surface area contributed by atoms with E-state index in [1.54, 1.807) is 0 Å². The summed E-state index contributed by atoms with van der Waals surface area (Å²) >= 11 is 1.81. The van der Waals surface area contributed by atoms with Crippen LogP contribution in [-0.4, -0.2) is 24.1 Å². The van der Waals surface area contributed by atoms with Crippen LogP contribution in [-0.2, 0) is 0 Å². The number of para-hydroxylation sites is 3. The van der Waals surface area contributed by atoms with Gasteiger partial charge in [-0.15, -0.1) is 0 Å². The fraction of sp³-hybridized carbons (Fsp3) is 0. The summed E-state index contributed by atoms with van der Waals surface area (Å²) in [7, 11) is 0. The molecule has 0 saturated carbocycles. The van der Waals surface area contributed by atoms with Crippen LogP contribution in [0, 0.1) is 0 Å². The number of benzene rings is 8. The summed E-state index contributed by atoms with van der Waals surface area (Å²) in [4.78, 5) is 17.7. The normalized spacial score (nSPS) is 12.1. The van der Waals surface area contributed by atoms with E-state index < -0.39 is 0 Å². The molecule has 0 bridgehead atoms. The van der Waals surface area contributed by atoms with E-state index in [-0.39, 0.29) is 0 Å². The zero-order valence-electron chi connectivity index (χ0n) is 30.5. The van der Waals surface area contributed by atoms with Gasteiger partial charge in [0.15, 0.2) is 17.5 Å². The number of nitrogens with zero attached hydrogens (tertiary/aromatic N) is 5. The molecular formula is C51H31N5S. The monoisotopic (exact) mass is 745 g/mol. The van der Waals surface area contributed by atoms with E-state index in [0.29, 0.717) is 17.5 Å².